The number of hydrogen-bond acceptors (Lipinski definition) is 4. The number of H-pyrrole nitrogens is 1. The number of allylic oxidation sites excluding steroid dienone is 7. The van der Waals surface area contributed by atoms with Crippen molar-refractivity contribution in [2.24, 2.45) is 5.73 Å². The zero-order valence-electron chi connectivity index (χ0n) is 15.0. The van der Waals surface area contributed by atoms with Crippen molar-refractivity contribution in [3.8, 4) is 0 Å². The topological polar surface area (TPSA) is 94.8 Å². The summed E-state index contributed by atoms with van der Waals surface area (Å²) in [7, 11) is 0. The maximum atomic E-state index is 12.4. The SMILES string of the molecule is C=CC1=C(NCc2cc3cc(/C(C=N)=C/N)ccc3[nH]c2=O)CC=CC=C1. The van der Waals surface area contributed by atoms with E-state index in [-0.39, 0.29) is 5.56 Å². The van der Waals surface area contributed by atoms with Gasteiger partial charge in [-0.1, -0.05) is 43.0 Å². The van der Waals surface area contributed by atoms with Crippen LogP contribution in [0.1, 0.15) is 17.5 Å². The third-order valence-corrected chi connectivity index (χ3v) is 4.50. The van der Waals surface area contributed by atoms with Crippen LogP contribution in [0.4, 0.5) is 0 Å². The summed E-state index contributed by atoms with van der Waals surface area (Å²) in [5.41, 5.74) is 10.4. The van der Waals surface area contributed by atoms with Gasteiger partial charge in [-0.25, -0.2) is 0 Å². The number of hydrogen-bond donors (Lipinski definition) is 4. The Balaban J connectivity index is 1.93. The molecule has 0 aliphatic heterocycles. The normalized spacial score (nSPS) is 14.3. The fourth-order valence-electron chi connectivity index (χ4n) is 3.00. The monoisotopic (exact) mass is 358 g/mol. The highest BCUT2D eigenvalue weighted by Crippen LogP contribution is 2.19. The molecule has 0 unspecified atom stereocenters. The molecule has 5 heteroatoms. The van der Waals surface area contributed by atoms with Gasteiger partial charge in [0.2, 0.25) is 0 Å². The van der Waals surface area contributed by atoms with E-state index in [2.05, 4.69) is 23.0 Å². The van der Waals surface area contributed by atoms with Gasteiger partial charge in [0, 0.05) is 47.7 Å². The third kappa shape index (κ3) is 3.98. The first-order valence-corrected chi connectivity index (χ1v) is 8.67. The van der Waals surface area contributed by atoms with Crippen molar-refractivity contribution in [2.45, 2.75) is 13.0 Å². The largest absolute Gasteiger partial charge is 0.404 e. The highest BCUT2D eigenvalue weighted by molar-refractivity contribution is 6.09. The molecular formula is C22H22N4O. The Morgan fingerprint density at radius 3 is 2.93 bits per heavy atom. The summed E-state index contributed by atoms with van der Waals surface area (Å²) in [5, 5.41) is 11.7. The first-order valence-electron chi connectivity index (χ1n) is 8.67. The van der Waals surface area contributed by atoms with Gasteiger partial charge >= 0.3 is 0 Å². The molecule has 5 nitrogen and oxygen atoms in total. The summed E-state index contributed by atoms with van der Waals surface area (Å²) >= 11 is 0. The van der Waals surface area contributed by atoms with E-state index < -0.39 is 0 Å². The highest BCUT2D eigenvalue weighted by Gasteiger charge is 2.08. The number of nitrogens with one attached hydrogen (secondary N) is 3. The lowest BCUT2D eigenvalue weighted by atomic mass is 10.0. The first kappa shape index (κ1) is 18.2. The molecule has 1 aromatic carbocycles. The molecule has 1 aromatic heterocycles. The maximum absolute atomic E-state index is 12.4. The van der Waals surface area contributed by atoms with E-state index in [1.807, 2.05) is 42.5 Å². The van der Waals surface area contributed by atoms with Gasteiger partial charge in [0.25, 0.3) is 5.56 Å². The number of fused-ring (bicyclic) bond motifs is 1. The molecule has 5 N–H and O–H groups in total. The Hall–Kier alpha value is -3.60. The van der Waals surface area contributed by atoms with Crippen LogP contribution in [-0.2, 0) is 6.54 Å². The van der Waals surface area contributed by atoms with E-state index in [4.69, 9.17) is 11.1 Å². The van der Waals surface area contributed by atoms with Crippen molar-refractivity contribution in [1.29, 1.82) is 5.41 Å². The quantitative estimate of drug-likeness (QED) is 0.595. The predicted molar refractivity (Wildman–Crippen MR) is 112 cm³/mol. The lowest BCUT2D eigenvalue weighted by molar-refractivity contribution is 0.776. The fourth-order valence-corrected chi connectivity index (χ4v) is 3.00. The maximum Gasteiger partial charge on any atom is 0.253 e. The zero-order chi connectivity index (χ0) is 19.2. The second-order valence-corrected chi connectivity index (χ2v) is 6.18. The zero-order valence-corrected chi connectivity index (χ0v) is 15.0. The van der Waals surface area contributed by atoms with Crippen molar-refractivity contribution < 1.29 is 0 Å². The van der Waals surface area contributed by atoms with Crippen molar-refractivity contribution in [3.63, 3.8) is 0 Å². The van der Waals surface area contributed by atoms with Crippen LogP contribution in [0.5, 0.6) is 0 Å². The average Bonchev–Trinajstić information content (AvgIpc) is 2.92. The predicted octanol–water partition coefficient (Wildman–Crippen LogP) is 3.52. The Bertz CT molecular complexity index is 1070. The molecule has 3 rings (SSSR count). The summed E-state index contributed by atoms with van der Waals surface area (Å²) in [6.07, 6.45) is 13.2. The van der Waals surface area contributed by atoms with Crippen LogP contribution in [-0.4, -0.2) is 11.2 Å². The number of nitrogens with two attached hydrogens (primary N) is 1. The van der Waals surface area contributed by atoms with Gasteiger partial charge in [-0.15, -0.1) is 0 Å². The van der Waals surface area contributed by atoms with Gasteiger partial charge in [-0.2, -0.15) is 0 Å². The minimum absolute atomic E-state index is 0.121. The van der Waals surface area contributed by atoms with E-state index in [0.717, 1.165) is 34.2 Å². The van der Waals surface area contributed by atoms with Crippen LogP contribution in [0.25, 0.3) is 16.5 Å². The lowest BCUT2D eigenvalue weighted by Crippen LogP contribution is -2.21. The van der Waals surface area contributed by atoms with E-state index >= 15 is 0 Å². The van der Waals surface area contributed by atoms with Crippen LogP contribution < -0.4 is 16.6 Å². The van der Waals surface area contributed by atoms with Crippen molar-refractivity contribution >= 4 is 22.7 Å². The summed E-state index contributed by atoms with van der Waals surface area (Å²) in [4.78, 5) is 15.3. The minimum Gasteiger partial charge on any atom is -0.404 e. The van der Waals surface area contributed by atoms with Crippen LogP contribution >= 0.6 is 0 Å². The smallest absolute Gasteiger partial charge is 0.253 e. The molecule has 27 heavy (non-hydrogen) atoms. The third-order valence-electron chi connectivity index (χ3n) is 4.50. The Labute approximate surface area is 157 Å². The van der Waals surface area contributed by atoms with Crippen LogP contribution in [0.15, 0.2) is 83.5 Å². The molecule has 0 fully saturated rings. The summed E-state index contributed by atoms with van der Waals surface area (Å²) < 4.78 is 0. The number of benzene rings is 1. The molecule has 0 radical (unpaired) electrons. The Morgan fingerprint density at radius 1 is 1.33 bits per heavy atom. The van der Waals surface area contributed by atoms with E-state index in [9.17, 15) is 4.79 Å². The highest BCUT2D eigenvalue weighted by atomic mass is 16.1. The standard InChI is InChI=1S/C22H22N4O/c1-2-15-6-4-3-5-7-20(15)25-14-18-11-17-10-16(19(12-23)13-24)8-9-21(17)26-22(18)27/h2-6,8-13,23,25H,1,7,14,24H2,(H,26,27)/b19-13+,23-12?. The molecule has 0 spiro atoms. The van der Waals surface area contributed by atoms with Gasteiger partial charge in [-0.3, -0.25) is 4.79 Å². The average molecular weight is 358 g/mol. The van der Waals surface area contributed by atoms with Gasteiger partial charge in [0.05, 0.1) is 0 Å². The molecular weight excluding hydrogens is 336 g/mol. The number of aromatic nitrogens is 1. The van der Waals surface area contributed by atoms with Gasteiger partial charge in [0.15, 0.2) is 0 Å². The molecule has 0 atom stereocenters. The van der Waals surface area contributed by atoms with Crippen molar-refractivity contribution in [3.05, 3.63) is 100 Å². The molecule has 0 saturated heterocycles. The van der Waals surface area contributed by atoms with Gasteiger partial charge < -0.3 is 21.4 Å². The number of rotatable bonds is 6. The molecule has 2 aromatic rings. The van der Waals surface area contributed by atoms with Gasteiger partial charge in [-0.05, 0) is 34.7 Å². The van der Waals surface area contributed by atoms with Crippen LogP contribution in [0.3, 0.4) is 0 Å². The lowest BCUT2D eigenvalue weighted by Gasteiger charge is -2.12. The number of pyridine rings is 1. The number of aromatic amines is 1. The van der Waals surface area contributed by atoms with Gasteiger partial charge in [0.1, 0.15) is 0 Å². The molecule has 136 valence electrons. The van der Waals surface area contributed by atoms with E-state index in [1.165, 1.54) is 12.4 Å². The molecule has 0 saturated carbocycles. The second kappa shape index (κ2) is 8.19. The fraction of sp³-hybridized carbons (Fsp3) is 0.0909. The summed E-state index contributed by atoms with van der Waals surface area (Å²) in [6.45, 7) is 4.26. The summed E-state index contributed by atoms with van der Waals surface area (Å²) in [6, 6.07) is 7.46. The minimum atomic E-state index is -0.121. The molecule has 1 heterocycles. The van der Waals surface area contributed by atoms with Crippen molar-refractivity contribution in [2.75, 3.05) is 0 Å². The Kier molecular flexibility index (Phi) is 5.52. The molecule has 1 aliphatic carbocycles. The first-order chi connectivity index (χ1) is 13.2. The second-order valence-electron chi connectivity index (χ2n) is 6.18. The summed E-state index contributed by atoms with van der Waals surface area (Å²) in [5.74, 6) is 0. The van der Waals surface area contributed by atoms with E-state index in [1.54, 1.807) is 6.08 Å². The van der Waals surface area contributed by atoms with Crippen molar-refractivity contribution in [1.82, 2.24) is 10.3 Å². The Morgan fingerprint density at radius 2 is 2.19 bits per heavy atom. The van der Waals surface area contributed by atoms with E-state index in [0.29, 0.717) is 17.7 Å². The van der Waals surface area contributed by atoms with Crippen LogP contribution in [0, 0.1) is 5.41 Å². The molecule has 0 bridgehead atoms. The van der Waals surface area contributed by atoms with Crippen LogP contribution in [0.2, 0.25) is 0 Å². The molecule has 1 aliphatic rings. The molecule has 0 amide bonds.